The zero-order valence-corrected chi connectivity index (χ0v) is 11.0. The quantitative estimate of drug-likeness (QED) is 0.826. The SMILES string of the molecule is CC1=C(C)C(=O)N(c2cccc(OCCN)c2)C1=O. The lowest BCUT2D eigenvalue weighted by molar-refractivity contribution is -0.120. The largest absolute Gasteiger partial charge is 0.492 e. The van der Waals surface area contributed by atoms with Crippen LogP contribution in [0.2, 0.25) is 0 Å². The number of amides is 2. The summed E-state index contributed by atoms with van der Waals surface area (Å²) in [5.41, 5.74) is 6.85. The van der Waals surface area contributed by atoms with E-state index < -0.39 is 0 Å². The van der Waals surface area contributed by atoms with Crippen LogP contribution in [0.25, 0.3) is 0 Å². The lowest BCUT2D eigenvalue weighted by Gasteiger charge is -2.16. The third-order valence-electron chi connectivity index (χ3n) is 3.07. The van der Waals surface area contributed by atoms with E-state index in [-0.39, 0.29) is 11.8 Å². The number of hydrogen-bond acceptors (Lipinski definition) is 4. The second-order valence-electron chi connectivity index (χ2n) is 4.33. The molecule has 0 aromatic heterocycles. The van der Waals surface area contributed by atoms with Gasteiger partial charge in [-0.05, 0) is 26.0 Å². The number of nitrogens with zero attached hydrogens (tertiary/aromatic N) is 1. The van der Waals surface area contributed by atoms with Crippen LogP contribution < -0.4 is 15.4 Å². The Morgan fingerprint density at radius 1 is 1.16 bits per heavy atom. The van der Waals surface area contributed by atoms with Gasteiger partial charge in [-0.2, -0.15) is 0 Å². The number of rotatable bonds is 4. The molecule has 0 atom stereocenters. The van der Waals surface area contributed by atoms with Gasteiger partial charge in [-0.15, -0.1) is 0 Å². The molecule has 5 heteroatoms. The summed E-state index contributed by atoms with van der Waals surface area (Å²) < 4.78 is 5.39. The summed E-state index contributed by atoms with van der Waals surface area (Å²) in [6.45, 7) is 4.11. The molecule has 2 amide bonds. The number of nitrogens with two attached hydrogens (primary N) is 1. The molecule has 2 N–H and O–H groups in total. The minimum atomic E-state index is -0.279. The molecule has 1 aliphatic rings. The second-order valence-corrected chi connectivity index (χ2v) is 4.33. The van der Waals surface area contributed by atoms with Gasteiger partial charge in [-0.1, -0.05) is 6.07 Å². The molecule has 1 aliphatic heterocycles. The van der Waals surface area contributed by atoms with Gasteiger partial charge in [0.15, 0.2) is 0 Å². The van der Waals surface area contributed by atoms with E-state index >= 15 is 0 Å². The molecule has 0 fully saturated rings. The van der Waals surface area contributed by atoms with Crippen molar-refractivity contribution in [3.8, 4) is 5.75 Å². The minimum absolute atomic E-state index is 0.279. The Morgan fingerprint density at radius 2 is 1.79 bits per heavy atom. The molecule has 0 radical (unpaired) electrons. The number of carbonyl (C=O) groups excluding carboxylic acids is 2. The van der Waals surface area contributed by atoms with Crippen molar-refractivity contribution < 1.29 is 14.3 Å². The van der Waals surface area contributed by atoms with Gasteiger partial charge in [-0.3, -0.25) is 9.59 Å². The topological polar surface area (TPSA) is 72.6 Å². The van der Waals surface area contributed by atoms with Crippen molar-refractivity contribution in [3.63, 3.8) is 0 Å². The molecule has 19 heavy (non-hydrogen) atoms. The molecule has 0 saturated carbocycles. The van der Waals surface area contributed by atoms with E-state index in [1.54, 1.807) is 38.1 Å². The standard InChI is InChI=1S/C14H16N2O3/c1-9-10(2)14(18)16(13(9)17)11-4-3-5-12(8-11)19-7-6-15/h3-5,8H,6-7,15H2,1-2H3. The van der Waals surface area contributed by atoms with Gasteiger partial charge in [0, 0.05) is 23.8 Å². The van der Waals surface area contributed by atoms with Crippen LogP contribution in [0.5, 0.6) is 5.75 Å². The zero-order valence-electron chi connectivity index (χ0n) is 11.0. The van der Waals surface area contributed by atoms with E-state index in [2.05, 4.69) is 0 Å². The van der Waals surface area contributed by atoms with E-state index in [0.717, 1.165) is 0 Å². The molecule has 100 valence electrons. The first kappa shape index (κ1) is 13.3. The van der Waals surface area contributed by atoms with Crippen LogP contribution >= 0.6 is 0 Å². The Labute approximate surface area is 111 Å². The normalized spacial score (nSPS) is 15.4. The lowest BCUT2D eigenvalue weighted by atomic mass is 10.2. The first-order valence-electron chi connectivity index (χ1n) is 6.05. The van der Waals surface area contributed by atoms with Crippen molar-refractivity contribution in [2.75, 3.05) is 18.1 Å². The van der Waals surface area contributed by atoms with Crippen LogP contribution in [0.15, 0.2) is 35.4 Å². The molecule has 5 nitrogen and oxygen atoms in total. The summed E-state index contributed by atoms with van der Waals surface area (Å²) >= 11 is 0. The molecule has 0 aliphatic carbocycles. The zero-order chi connectivity index (χ0) is 14.0. The maximum absolute atomic E-state index is 12.0. The summed E-state index contributed by atoms with van der Waals surface area (Å²) in [6.07, 6.45) is 0. The van der Waals surface area contributed by atoms with Gasteiger partial charge >= 0.3 is 0 Å². The molecule has 0 unspecified atom stereocenters. The summed E-state index contributed by atoms with van der Waals surface area (Å²) in [5, 5.41) is 0. The summed E-state index contributed by atoms with van der Waals surface area (Å²) in [4.78, 5) is 25.2. The minimum Gasteiger partial charge on any atom is -0.492 e. The van der Waals surface area contributed by atoms with Crippen molar-refractivity contribution in [3.05, 3.63) is 35.4 Å². The van der Waals surface area contributed by atoms with Crippen LogP contribution in [-0.2, 0) is 9.59 Å². The molecule has 1 aromatic rings. The molecule has 1 aromatic carbocycles. The molecule has 0 saturated heterocycles. The number of anilines is 1. The van der Waals surface area contributed by atoms with Gasteiger partial charge in [-0.25, -0.2) is 4.90 Å². The van der Waals surface area contributed by atoms with Crippen LogP contribution in [-0.4, -0.2) is 25.0 Å². The Balaban J connectivity index is 2.29. The van der Waals surface area contributed by atoms with Crippen molar-refractivity contribution in [1.29, 1.82) is 0 Å². The number of benzene rings is 1. The van der Waals surface area contributed by atoms with Gasteiger partial charge < -0.3 is 10.5 Å². The Morgan fingerprint density at radius 3 is 2.37 bits per heavy atom. The number of imide groups is 1. The monoisotopic (exact) mass is 260 g/mol. The van der Waals surface area contributed by atoms with Crippen molar-refractivity contribution in [1.82, 2.24) is 0 Å². The van der Waals surface area contributed by atoms with E-state index in [1.165, 1.54) is 4.90 Å². The maximum atomic E-state index is 12.0. The third-order valence-corrected chi connectivity index (χ3v) is 3.07. The fourth-order valence-electron chi connectivity index (χ4n) is 1.87. The van der Waals surface area contributed by atoms with E-state index in [9.17, 15) is 9.59 Å². The molecule has 0 bridgehead atoms. The van der Waals surface area contributed by atoms with Crippen LogP contribution in [0.3, 0.4) is 0 Å². The molecular weight excluding hydrogens is 244 g/mol. The second kappa shape index (κ2) is 5.24. The van der Waals surface area contributed by atoms with Crippen LogP contribution in [0.1, 0.15) is 13.8 Å². The van der Waals surface area contributed by atoms with Gasteiger partial charge in [0.2, 0.25) is 0 Å². The Kier molecular flexibility index (Phi) is 3.66. The molecule has 0 spiro atoms. The summed E-state index contributed by atoms with van der Waals surface area (Å²) in [5.74, 6) is 0.0303. The Bertz CT molecular complexity index is 540. The first-order valence-corrected chi connectivity index (χ1v) is 6.05. The number of hydrogen-bond donors (Lipinski definition) is 1. The highest BCUT2D eigenvalue weighted by atomic mass is 16.5. The van der Waals surface area contributed by atoms with Crippen LogP contribution in [0.4, 0.5) is 5.69 Å². The van der Waals surface area contributed by atoms with Crippen LogP contribution in [0, 0.1) is 0 Å². The van der Waals surface area contributed by atoms with Gasteiger partial charge in [0.05, 0.1) is 5.69 Å². The fraction of sp³-hybridized carbons (Fsp3) is 0.286. The lowest BCUT2D eigenvalue weighted by Crippen LogP contribution is -2.31. The molecular formula is C14H16N2O3. The average molecular weight is 260 g/mol. The third kappa shape index (κ3) is 2.37. The number of carbonyl (C=O) groups is 2. The summed E-state index contributed by atoms with van der Waals surface area (Å²) in [7, 11) is 0. The average Bonchev–Trinajstić information content (AvgIpc) is 2.61. The Hall–Kier alpha value is -2.14. The van der Waals surface area contributed by atoms with Crippen molar-refractivity contribution >= 4 is 17.5 Å². The highest BCUT2D eigenvalue weighted by Gasteiger charge is 2.34. The van der Waals surface area contributed by atoms with E-state index in [0.29, 0.717) is 35.7 Å². The highest BCUT2D eigenvalue weighted by Crippen LogP contribution is 2.28. The van der Waals surface area contributed by atoms with Gasteiger partial charge in [0.1, 0.15) is 12.4 Å². The van der Waals surface area contributed by atoms with Crippen molar-refractivity contribution in [2.45, 2.75) is 13.8 Å². The predicted octanol–water partition coefficient (Wildman–Crippen LogP) is 1.23. The number of ether oxygens (including phenoxy) is 1. The first-order chi connectivity index (χ1) is 9.06. The van der Waals surface area contributed by atoms with E-state index in [1.807, 2.05) is 0 Å². The maximum Gasteiger partial charge on any atom is 0.261 e. The summed E-state index contributed by atoms with van der Waals surface area (Å²) in [6, 6.07) is 6.87. The van der Waals surface area contributed by atoms with E-state index in [4.69, 9.17) is 10.5 Å². The predicted molar refractivity (Wildman–Crippen MR) is 71.9 cm³/mol. The molecule has 1 heterocycles. The van der Waals surface area contributed by atoms with Gasteiger partial charge in [0.25, 0.3) is 11.8 Å². The molecule has 2 rings (SSSR count). The van der Waals surface area contributed by atoms with Crippen molar-refractivity contribution in [2.24, 2.45) is 5.73 Å². The highest BCUT2D eigenvalue weighted by molar-refractivity contribution is 6.32. The fourth-order valence-corrected chi connectivity index (χ4v) is 1.87. The smallest absolute Gasteiger partial charge is 0.261 e.